The molecule has 2 aromatic carbocycles. The number of hydrogen-bond acceptors (Lipinski definition) is 3. The summed E-state index contributed by atoms with van der Waals surface area (Å²) in [4.78, 5) is 16.9. The van der Waals surface area contributed by atoms with Gasteiger partial charge in [-0.25, -0.2) is 0 Å². The number of hydrogen-bond donors (Lipinski definition) is 1. The number of fused-ring (bicyclic) bond motifs is 1. The van der Waals surface area contributed by atoms with Gasteiger partial charge in [-0.2, -0.15) is 0 Å². The summed E-state index contributed by atoms with van der Waals surface area (Å²) in [6, 6.07) is 14.0. The van der Waals surface area contributed by atoms with Crippen LogP contribution in [0.2, 0.25) is 0 Å². The van der Waals surface area contributed by atoms with Crippen molar-refractivity contribution in [3.8, 4) is 0 Å². The summed E-state index contributed by atoms with van der Waals surface area (Å²) in [6.45, 7) is 5.78. The molecule has 3 heteroatoms. The first-order chi connectivity index (χ1) is 10.9. The van der Waals surface area contributed by atoms with Crippen LogP contribution in [0.4, 0.5) is 5.69 Å². The minimum Gasteiger partial charge on any atom is -0.511 e. The zero-order valence-electron chi connectivity index (χ0n) is 13.8. The van der Waals surface area contributed by atoms with Crippen LogP contribution in [0.1, 0.15) is 33.6 Å². The molecule has 1 N–H and O–H groups in total. The van der Waals surface area contributed by atoms with Gasteiger partial charge in [0.05, 0.1) is 17.0 Å². The third-order valence-corrected chi connectivity index (χ3v) is 4.24. The molecule has 0 unspecified atom stereocenters. The highest BCUT2D eigenvalue weighted by molar-refractivity contribution is 6.23. The number of aliphatic hydroxyl groups excluding tert-OH is 1. The van der Waals surface area contributed by atoms with Gasteiger partial charge in [-0.1, -0.05) is 44.2 Å². The van der Waals surface area contributed by atoms with E-state index in [1.807, 2.05) is 50.2 Å². The summed E-state index contributed by atoms with van der Waals surface area (Å²) in [5, 5.41) is 12.5. The van der Waals surface area contributed by atoms with Gasteiger partial charge in [0.15, 0.2) is 5.78 Å². The van der Waals surface area contributed by atoms with E-state index in [1.165, 1.54) is 0 Å². The zero-order valence-corrected chi connectivity index (χ0v) is 13.8. The Kier molecular flexibility index (Phi) is 3.80. The van der Waals surface area contributed by atoms with Gasteiger partial charge in [-0.15, -0.1) is 0 Å². The second-order valence-corrected chi connectivity index (χ2v) is 6.99. The van der Waals surface area contributed by atoms with Crippen LogP contribution in [-0.4, -0.2) is 16.6 Å². The standard InChI is InChI=1S/C20H21NO2/c1-13(19-17(22)11-20(2,3)12-18(19)23)21-16-9-8-14-6-4-5-7-15(14)10-16/h4-10,22H,11-12H2,1-3H3. The molecule has 0 saturated carbocycles. The molecule has 0 heterocycles. The van der Waals surface area contributed by atoms with E-state index in [1.54, 1.807) is 6.92 Å². The molecule has 0 atom stereocenters. The van der Waals surface area contributed by atoms with Crippen LogP contribution in [0.15, 0.2) is 58.8 Å². The van der Waals surface area contributed by atoms with E-state index in [-0.39, 0.29) is 17.0 Å². The number of aliphatic hydroxyl groups is 1. The molecule has 0 spiro atoms. The molecule has 1 aliphatic rings. The number of benzene rings is 2. The van der Waals surface area contributed by atoms with Crippen LogP contribution in [0.5, 0.6) is 0 Å². The van der Waals surface area contributed by atoms with Crippen LogP contribution in [0.25, 0.3) is 10.8 Å². The Morgan fingerprint density at radius 3 is 2.48 bits per heavy atom. The van der Waals surface area contributed by atoms with E-state index in [0.29, 0.717) is 24.1 Å². The average Bonchev–Trinajstić information content (AvgIpc) is 2.44. The predicted molar refractivity (Wildman–Crippen MR) is 94.4 cm³/mol. The van der Waals surface area contributed by atoms with Crippen LogP contribution in [0.3, 0.4) is 0 Å². The summed E-state index contributed by atoms with van der Waals surface area (Å²) < 4.78 is 0. The molecule has 0 aliphatic heterocycles. The van der Waals surface area contributed by atoms with Crippen molar-refractivity contribution >= 4 is 28.0 Å². The highest BCUT2D eigenvalue weighted by Gasteiger charge is 2.33. The molecule has 0 fully saturated rings. The second-order valence-electron chi connectivity index (χ2n) is 6.99. The number of carbonyl (C=O) groups excluding carboxylic acids is 1. The van der Waals surface area contributed by atoms with Gasteiger partial charge in [0.2, 0.25) is 0 Å². The van der Waals surface area contributed by atoms with E-state index in [2.05, 4.69) is 11.1 Å². The van der Waals surface area contributed by atoms with Gasteiger partial charge in [-0.05, 0) is 35.2 Å². The van der Waals surface area contributed by atoms with Crippen LogP contribution in [-0.2, 0) is 4.79 Å². The Hall–Kier alpha value is -2.42. The molecular weight excluding hydrogens is 286 g/mol. The number of carbonyl (C=O) groups is 1. The molecule has 1 aliphatic carbocycles. The Morgan fingerprint density at radius 2 is 1.78 bits per heavy atom. The van der Waals surface area contributed by atoms with Gasteiger partial charge >= 0.3 is 0 Å². The van der Waals surface area contributed by atoms with Gasteiger partial charge < -0.3 is 5.11 Å². The van der Waals surface area contributed by atoms with E-state index >= 15 is 0 Å². The number of ketones is 1. The van der Waals surface area contributed by atoms with Crippen molar-refractivity contribution in [2.45, 2.75) is 33.6 Å². The van der Waals surface area contributed by atoms with E-state index < -0.39 is 0 Å². The Labute approximate surface area is 136 Å². The SMILES string of the molecule is CC(=Nc1ccc2ccccc2c1)C1=C(O)CC(C)(C)CC1=O. The molecule has 0 saturated heterocycles. The highest BCUT2D eigenvalue weighted by atomic mass is 16.3. The van der Waals surface area contributed by atoms with Crippen LogP contribution < -0.4 is 0 Å². The number of allylic oxidation sites excluding steroid dienone is 2. The largest absolute Gasteiger partial charge is 0.511 e. The molecule has 118 valence electrons. The molecule has 2 aromatic rings. The lowest BCUT2D eigenvalue weighted by Crippen LogP contribution is -2.28. The van der Waals surface area contributed by atoms with Gasteiger partial charge in [0, 0.05) is 12.8 Å². The van der Waals surface area contributed by atoms with Crippen molar-refractivity contribution in [1.29, 1.82) is 0 Å². The van der Waals surface area contributed by atoms with Crippen molar-refractivity contribution in [3.05, 3.63) is 53.8 Å². The summed E-state index contributed by atoms with van der Waals surface area (Å²) in [5.41, 5.74) is 1.57. The van der Waals surface area contributed by atoms with Crippen molar-refractivity contribution in [2.24, 2.45) is 10.4 Å². The fraction of sp³-hybridized carbons (Fsp3) is 0.300. The van der Waals surface area contributed by atoms with Crippen LogP contribution in [0, 0.1) is 5.41 Å². The quantitative estimate of drug-likeness (QED) is 0.782. The fourth-order valence-corrected chi connectivity index (χ4v) is 3.19. The molecule has 0 aromatic heterocycles. The van der Waals surface area contributed by atoms with Crippen molar-refractivity contribution in [3.63, 3.8) is 0 Å². The monoisotopic (exact) mass is 307 g/mol. The molecule has 23 heavy (non-hydrogen) atoms. The molecule has 3 rings (SSSR count). The summed E-state index contributed by atoms with van der Waals surface area (Å²) >= 11 is 0. The number of nitrogens with zero attached hydrogens (tertiary/aromatic N) is 1. The molecule has 3 nitrogen and oxygen atoms in total. The maximum Gasteiger partial charge on any atom is 0.168 e. The first kappa shape index (κ1) is 15.5. The normalized spacial score (nSPS) is 18.6. The lowest BCUT2D eigenvalue weighted by molar-refractivity contribution is -0.117. The topological polar surface area (TPSA) is 49.7 Å². The number of aliphatic imine (C=N–C) groups is 1. The summed E-state index contributed by atoms with van der Waals surface area (Å²) in [6.07, 6.45) is 0.954. The van der Waals surface area contributed by atoms with Gasteiger partial charge in [-0.3, -0.25) is 9.79 Å². The molecular formula is C20H21NO2. The Morgan fingerprint density at radius 1 is 1.09 bits per heavy atom. The fourth-order valence-electron chi connectivity index (χ4n) is 3.19. The number of Topliss-reactive ketones (excluding diaryl/α,β-unsaturated/α-hetero) is 1. The summed E-state index contributed by atoms with van der Waals surface area (Å²) in [7, 11) is 0. The number of rotatable bonds is 2. The lowest BCUT2D eigenvalue weighted by atomic mass is 9.76. The van der Waals surface area contributed by atoms with Crippen molar-refractivity contribution in [2.75, 3.05) is 0 Å². The van der Waals surface area contributed by atoms with E-state index in [9.17, 15) is 9.90 Å². The minimum absolute atomic E-state index is 0.0270. The summed E-state index contributed by atoms with van der Waals surface area (Å²) in [5.74, 6) is 0.133. The average molecular weight is 307 g/mol. The van der Waals surface area contributed by atoms with Gasteiger partial charge in [0.25, 0.3) is 0 Å². The lowest BCUT2D eigenvalue weighted by Gasteiger charge is -2.29. The second kappa shape index (κ2) is 5.65. The first-order valence-corrected chi connectivity index (χ1v) is 7.85. The van der Waals surface area contributed by atoms with Crippen molar-refractivity contribution in [1.82, 2.24) is 0 Å². The molecule has 0 bridgehead atoms. The maximum absolute atomic E-state index is 12.4. The first-order valence-electron chi connectivity index (χ1n) is 7.85. The third kappa shape index (κ3) is 3.19. The molecule has 0 radical (unpaired) electrons. The minimum atomic E-state index is -0.187. The third-order valence-electron chi connectivity index (χ3n) is 4.24. The van der Waals surface area contributed by atoms with Gasteiger partial charge in [0.1, 0.15) is 5.76 Å². The zero-order chi connectivity index (χ0) is 16.6. The maximum atomic E-state index is 12.4. The van der Waals surface area contributed by atoms with Crippen LogP contribution >= 0.6 is 0 Å². The highest BCUT2D eigenvalue weighted by Crippen LogP contribution is 2.36. The Bertz CT molecular complexity index is 844. The Balaban J connectivity index is 1.99. The van der Waals surface area contributed by atoms with Crippen molar-refractivity contribution < 1.29 is 9.90 Å². The smallest absolute Gasteiger partial charge is 0.168 e. The van der Waals surface area contributed by atoms with E-state index in [0.717, 1.165) is 16.5 Å². The van der Waals surface area contributed by atoms with E-state index in [4.69, 9.17) is 0 Å². The molecule has 0 amide bonds. The predicted octanol–water partition coefficient (Wildman–Crippen LogP) is 5.13.